The molecule has 3 aromatic rings. The van der Waals surface area contributed by atoms with Crippen LogP contribution in [0.1, 0.15) is 16.7 Å². The van der Waals surface area contributed by atoms with Crippen LogP contribution in [0.2, 0.25) is 0 Å². The van der Waals surface area contributed by atoms with Crippen molar-refractivity contribution in [2.45, 2.75) is 0 Å². The number of urea groups is 1. The van der Waals surface area contributed by atoms with Gasteiger partial charge in [0.2, 0.25) is 0 Å². The monoisotopic (exact) mass is 521 g/mol. The molecule has 4 rings (SSSR count). The summed E-state index contributed by atoms with van der Waals surface area (Å²) in [5, 5.41) is 22.0. The summed E-state index contributed by atoms with van der Waals surface area (Å²) in [6, 6.07) is 24.2. The molecular weight excluding hydrogens is 498 g/mol. The van der Waals surface area contributed by atoms with E-state index in [2.05, 4.69) is 17.0 Å². The van der Waals surface area contributed by atoms with Gasteiger partial charge in [-0.3, -0.25) is 20.2 Å². The molecule has 10 nitrogen and oxygen atoms in total. The minimum atomic E-state index is -0.848. The summed E-state index contributed by atoms with van der Waals surface area (Å²) < 4.78 is 11.7. The molecule has 0 aliphatic carbocycles. The van der Waals surface area contributed by atoms with Gasteiger partial charge in [0.05, 0.1) is 36.4 Å². The van der Waals surface area contributed by atoms with Gasteiger partial charge in [-0.15, -0.1) is 0 Å². The van der Waals surface area contributed by atoms with Crippen LogP contribution in [0, 0.1) is 22.7 Å². The number of imide groups is 2. The van der Waals surface area contributed by atoms with E-state index in [1.54, 1.807) is 60.7 Å². The van der Waals surface area contributed by atoms with Gasteiger partial charge in [0.1, 0.15) is 30.3 Å². The number of amides is 4. The van der Waals surface area contributed by atoms with Gasteiger partial charge in [0.25, 0.3) is 11.8 Å². The molecule has 10 heteroatoms. The summed E-state index contributed by atoms with van der Waals surface area (Å²) in [5.41, 5.74) is 2.40. The molecule has 1 heterocycles. The summed E-state index contributed by atoms with van der Waals surface area (Å²) in [7, 11) is 0. The van der Waals surface area contributed by atoms with E-state index < -0.39 is 17.8 Å². The molecule has 3 aromatic carbocycles. The minimum absolute atomic E-state index is 0.161. The Morgan fingerprint density at radius 3 is 1.59 bits per heavy atom. The topological polar surface area (TPSA) is 145 Å². The predicted octanol–water partition coefficient (Wildman–Crippen LogP) is 3.14. The molecule has 0 spiro atoms. The molecule has 1 aliphatic rings. The third-order valence-electron chi connectivity index (χ3n) is 5.74. The lowest BCUT2D eigenvalue weighted by Crippen LogP contribution is -2.51. The molecule has 1 aliphatic heterocycles. The van der Waals surface area contributed by atoms with Crippen LogP contribution in [0.4, 0.5) is 10.5 Å². The fourth-order valence-electron chi connectivity index (χ4n) is 3.72. The fraction of sp³-hybridized carbons (Fsp3) is 0.138. The molecule has 1 saturated heterocycles. The third kappa shape index (κ3) is 7.21. The Morgan fingerprint density at radius 2 is 1.15 bits per heavy atom. The van der Waals surface area contributed by atoms with Gasteiger partial charge >= 0.3 is 6.03 Å². The molecule has 0 aromatic heterocycles. The smallest absolute Gasteiger partial charge is 0.328 e. The molecule has 1 fully saturated rings. The summed E-state index contributed by atoms with van der Waals surface area (Å²) in [5.74, 6) is -0.219. The lowest BCUT2D eigenvalue weighted by Gasteiger charge is -2.25. The second-order valence-corrected chi connectivity index (χ2v) is 8.34. The second kappa shape index (κ2) is 12.6. The van der Waals surface area contributed by atoms with Crippen LogP contribution in [0.25, 0.3) is 6.08 Å². The van der Waals surface area contributed by atoms with E-state index in [-0.39, 0.29) is 5.57 Å². The first-order valence-electron chi connectivity index (χ1n) is 11.9. The predicted molar refractivity (Wildman–Crippen MR) is 142 cm³/mol. The quantitative estimate of drug-likeness (QED) is 0.306. The van der Waals surface area contributed by atoms with Crippen molar-refractivity contribution in [1.29, 1.82) is 10.5 Å². The summed E-state index contributed by atoms with van der Waals surface area (Å²) >= 11 is 0. The number of nitrogens with zero attached hydrogens (tertiary/aromatic N) is 3. The largest absolute Gasteiger partial charge is 0.492 e. The van der Waals surface area contributed by atoms with Crippen LogP contribution in [0.5, 0.6) is 11.5 Å². The van der Waals surface area contributed by atoms with E-state index in [1.165, 1.54) is 6.08 Å². The lowest BCUT2D eigenvalue weighted by atomic mass is 10.1. The molecule has 39 heavy (non-hydrogen) atoms. The van der Waals surface area contributed by atoms with Gasteiger partial charge in [-0.2, -0.15) is 10.5 Å². The Hall–Kier alpha value is -5.61. The number of barbiturate groups is 1. The van der Waals surface area contributed by atoms with Crippen molar-refractivity contribution in [2.24, 2.45) is 0 Å². The second-order valence-electron chi connectivity index (χ2n) is 8.34. The SMILES string of the molecule is N#Cc1ccc(OCCN(CCOc2ccc(C#N)cc2)c2ccc(C=C3C(=O)NC(=O)NC3=O)cc2)cc1. The zero-order chi connectivity index (χ0) is 27.6. The van der Waals surface area contributed by atoms with E-state index in [9.17, 15) is 14.4 Å². The molecule has 0 radical (unpaired) electrons. The van der Waals surface area contributed by atoms with Crippen LogP contribution >= 0.6 is 0 Å². The zero-order valence-electron chi connectivity index (χ0n) is 20.7. The highest BCUT2D eigenvalue weighted by Gasteiger charge is 2.27. The van der Waals surface area contributed by atoms with Gasteiger partial charge in [-0.05, 0) is 72.3 Å². The normalized spacial score (nSPS) is 12.5. The van der Waals surface area contributed by atoms with Gasteiger partial charge in [-0.25, -0.2) is 4.79 Å². The number of anilines is 1. The average molecular weight is 522 g/mol. The van der Waals surface area contributed by atoms with Crippen LogP contribution in [-0.4, -0.2) is 44.1 Å². The number of ether oxygens (including phenoxy) is 2. The Bertz CT molecular complexity index is 1380. The first-order chi connectivity index (χ1) is 18.9. The first-order valence-corrected chi connectivity index (χ1v) is 11.9. The van der Waals surface area contributed by atoms with E-state index >= 15 is 0 Å². The third-order valence-corrected chi connectivity index (χ3v) is 5.74. The maximum atomic E-state index is 12.0. The number of nitrogens with one attached hydrogen (secondary N) is 2. The van der Waals surface area contributed by atoms with E-state index in [1.807, 2.05) is 22.8 Å². The molecular formula is C29H23N5O5. The highest BCUT2D eigenvalue weighted by molar-refractivity contribution is 6.31. The van der Waals surface area contributed by atoms with E-state index in [4.69, 9.17) is 20.0 Å². The van der Waals surface area contributed by atoms with Crippen molar-refractivity contribution in [3.05, 3.63) is 95.1 Å². The molecule has 4 amide bonds. The Morgan fingerprint density at radius 1 is 0.692 bits per heavy atom. The van der Waals surface area contributed by atoms with E-state index in [0.29, 0.717) is 54.5 Å². The van der Waals surface area contributed by atoms with Gasteiger partial charge in [0.15, 0.2) is 0 Å². The lowest BCUT2D eigenvalue weighted by molar-refractivity contribution is -0.123. The summed E-state index contributed by atoms with van der Waals surface area (Å²) in [6.07, 6.45) is 1.41. The number of nitriles is 2. The number of rotatable bonds is 10. The van der Waals surface area contributed by atoms with Crippen molar-refractivity contribution < 1.29 is 23.9 Å². The molecule has 0 unspecified atom stereocenters. The summed E-state index contributed by atoms with van der Waals surface area (Å²) in [4.78, 5) is 37.3. The molecule has 2 N–H and O–H groups in total. The Kier molecular flexibility index (Phi) is 8.53. The fourth-order valence-corrected chi connectivity index (χ4v) is 3.72. The van der Waals surface area contributed by atoms with Crippen molar-refractivity contribution in [3.8, 4) is 23.6 Å². The van der Waals surface area contributed by atoms with Crippen LogP contribution < -0.4 is 25.0 Å². The van der Waals surface area contributed by atoms with Crippen molar-refractivity contribution in [1.82, 2.24) is 10.6 Å². The van der Waals surface area contributed by atoms with Crippen molar-refractivity contribution in [3.63, 3.8) is 0 Å². The van der Waals surface area contributed by atoms with Crippen LogP contribution in [0.15, 0.2) is 78.4 Å². The highest BCUT2D eigenvalue weighted by atomic mass is 16.5. The number of hydrogen-bond acceptors (Lipinski definition) is 8. The highest BCUT2D eigenvalue weighted by Crippen LogP contribution is 2.19. The average Bonchev–Trinajstić information content (AvgIpc) is 2.95. The first kappa shape index (κ1) is 26.5. The van der Waals surface area contributed by atoms with E-state index in [0.717, 1.165) is 5.69 Å². The van der Waals surface area contributed by atoms with Gasteiger partial charge in [0, 0.05) is 5.69 Å². The minimum Gasteiger partial charge on any atom is -0.492 e. The zero-order valence-corrected chi connectivity index (χ0v) is 20.7. The van der Waals surface area contributed by atoms with Gasteiger partial charge < -0.3 is 14.4 Å². The molecule has 194 valence electrons. The maximum Gasteiger partial charge on any atom is 0.328 e. The Balaban J connectivity index is 1.44. The van der Waals surface area contributed by atoms with Crippen LogP contribution in [-0.2, 0) is 9.59 Å². The molecule has 0 saturated carbocycles. The maximum absolute atomic E-state index is 12.0. The van der Waals surface area contributed by atoms with Gasteiger partial charge in [-0.1, -0.05) is 12.1 Å². The van der Waals surface area contributed by atoms with Crippen molar-refractivity contribution in [2.75, 3.05) is 31.2 Å². The van der Waals surface area contributed by atoms with Crippen molar-refractivity contribution >= 4 is 29.6 Å². The number of carbonyl (C=O) groups excluding carboxylic acids is 3. The molecule has 0 atom stereocenters. The van der Waals surface area contributed by atoms with Crippen LogP contribution in [0.3, 0.4) is 0 Å². The Labute approximate surface area is 224 Å². The number of hydrogen-bond donors (Lipinski definition) is 2. The summed E-state index contributed by atoms with van der Waals surface area (Å²) in [6.45, 7) is 1.76. The number of carbonyl (C=O) groups is 3. The number of benzene rings is 3. The standard InChI is InChI=1S/C29H23N5O5/c30-18-21-3-9-24(10-4-21)38-15-13-34(14-16-39-25-11-5-22(19-31)6-12-25)23-7-1-20(2-8-23)17-26-27(35)32-29(37)33-28(26)36/h1-12,17H,13-16H2,(H2,32,33,35,36,37). The molecule has 0 bridgehead atoms.